The highest BCUT2D eigenvalue weighted by Gasteiger charge is 2.12. The van der Waals surface area contributed by atoms with E-state index in [0.29, 0.717) is 0 Å². The van der Waals surface area contributed by atoms with E-state index in [9.17, 15) is 4.21 Å². The van der Waals surface area contributed by atoms with Gasteiger partial charge in [0, 0.05) is 97.3 Å². The van der Waals surface area contributed by atoms with Crippen molar-refractivity contribution in [1.29, 1.82) is 0 Å². The fourth-order valence-electron chi connectivity index (χ4n) is 5.52. The maximum atomic E-state index is 10.7. The number of pyridine rings is 3. The summed E-state index contributed by atoms with van der Waals surface area (Å²) in [5, 5.41) is 4.90. The third kappa shape index (κ3) is 98.4. The van der Waals surface area contributed by atoms with Crippen molar-refractivity contribution in [2.24, 2.45) is 27.9 Å². The van der Waals surface area contributed by atoms with E-state index in [1.54, 1.807) is 31.1 Å². The second-order valence-electron chi connectivity index (χ2n) is 16.9. The summed E-state index contributed by atoms with van der Waals surface area (Å²) < 4.78 is 25.5. The Hall–Kier alpha value is -3.85. The number of rotatable bonds is 0. The maximum Gasteiger partial charge on any atom is 0.180 e. The molecule has 0 atom stereocenters. The Bertz CT molecular complexity index is 1660. The minimum atomic E-state index is -0.461. The molecule has 4 aromatic heterocycles. The Morgan fingerprint density at radius 1 is 0.523 bits per heavy atom. The fourth-order valence-corrected chi connectivity index (χ4v) is 9.05. The molecular formula is C74H148N6O5S3. The predicted octanol–water partition coefficient (Wildman–Crippen LogP) is 24.0. The van der Waals surface area contributed by atoms with Gasteiger partial charge in [0.05, 0.1) is 28.8 Å². The van der Waals surface area contributed by atoms with E-state index in [1.807, 2.05) is 240 Å². The monoisotopic (exact) mass is 1300 g/mol. The third-order valence-corrected chi connectivity index (χ3v) is 13.5. The zero-order valence-corrected chi connectivity index (χ0v) is 65.0. The maximum absolute atomic E-state index is 10.7. The quantitative estimate of drug-likeness (QED) is 0.167. The van der Waals surface area contributed by atoms with Gasteiger partial charge in [-0.1, -0.05) is 184 Å². The topological polar surface area (TPSA) is 134 Å². The van der Waals surface area contributed by atoms with Crippen molar-refractivity contribution < 1.29 is 22.9 Å². The first kappa shape index (κ1) is 109. The lowest BCUT2D eigenvalue weighted by molar-refractivity contribution is 0.0716. The van der Waals surface area contributed by atoms with E-state index in [4.69, 9.17) is 9.47 Å². The number of hydrogen-bond donors (Lipinski definition) is 0. The van der Waals surface area contributed by atoms with Gasteiger partial charge in [-0.15, -0.1) is 11.8 Å². The van der Waals surface area contributed by atoms with Crippen LogP contribution in [0.3, 0.4) is 0 Å². The number of thioether (sulfide) groups is 2. The molecule has 0 N–H and O–H groups in total. The van der Waals surface area contributed by atoms with Crippen LogP contribution in [-0.4, -0.2) is 96.6 Å². The van der Waals surface area contributed by atoms with Crippen molar-refractivity contribution >= 4 is 45.1 Å². The number of allylic oxidation sites excluding steroid dienone is 1. The van der Waals surface area contributed by atoms with Crippen LogP contribution < -0.4 is 0 Å². The molecule has 4 aromatic rings. The first-order valence-corrected chi connectivity index (χ1v) is 37.5. The minimum absolute atomic E-state index is 0. The van der Waals surface area contributed by atoms with Crippen molar-refractivity contribution in [2.45, 2.75) is 267 Å². The molecule has 3 saturated heterocycles. The van der Waals surface area contributed by atoms with Gasteiger partial charge in [-0.3, -0.25) is 24.2 Å². The van der Waals surface area contributed by atoms with Gasteiger partial charge in [-0.25, -0.2) is 4.98 Å². The van der Waals surface area contributed by atoms with Gasteiger partial charge in [0.15, 0.2) is 6.39 Å². The normalized spacial score (nSPS) is 15.1. The molecule has 88 heavy (non-hydrogen) atoms. The highest BCUT2D eigenvalue weighted by Crippen LogP contribution is 2.21. The van der Waals surface area contributed by atoms with Gasteiger partial charge in [0.2, 0.25) is 0 Å². The average Bonchev–Trinajstić information content (AvgIpc) is 4.48. The molecule has 0 aliphatic carbocycles. The number of oxazole rings is 1. The molecule has 10 heterocycles. The lowest BCUT2D eigenvalue weighted by Crippen LogP contribution is -2.15. The van der Waals surface area contributed by atoms with Gasteiger partial charge in [0.1, 0.15) is 12.9 Å². The Labute approximate surface area is 561 Å². The molecular weight excluding hydrogens is 1150 g/mol. The molecule has 0 radical (unpaired) electrons. The van der Waals surface area contributed by atoms with Crippen LogP contribution >= 0.6 is 23.5 Å². The molecule has 14 heteroatoms. The first-order chi connectivity index (χ1) is 42.3. The highest BCUT2D eigenvalue weighted by atomic mass is 32.2. The molecule has 0 unspecified atom stereocenters. The number of aliphatic imine (C=N–C) groups is 1. The Morgan fingerprint density at radius 2 is 1.05 bits per heavy atom. The van der Waals surface area contributed by atoms with Crippen molar-refractivity contribution in [3.8, 4) is 0 Å². The number of ether oxygens (including phenoxy) is 2. The van der Waals surface area contributed by atoms with Crippen LogP contribution in [0.5, 0.6) is 0 Å². The van der Waals surface area contributed by atoms with Gasteiger partial charge in [0.25, 0.3) is 0 Å². The van der Waals surface area contributed by atoms with Gasteiger partial charge < -0.3 is 18.7 Å². The molecule has 0 amide bonds. The lowest BCUT2D eigenvalue weighted by Gasteiger charge is -2.16. The van der Waals surface area contributed by atoms with Gasteiger partial charge in [-0.05, 0) is 164 Å². The SMILES string of the molecule is C.CC.CC.CC.CC.CC.CC.CC.CC.CC.CC.CC1=CCCO1.CC1=NCCS1.CC1=NOCC1.CC1CCOCC1.CC1CCS(=O)CC1.CC1CCSCC1.Cc1ccccn1.Cc1cccnc1.Cc1ccncc1.Cc1cocn1. The lowest BCUT2D eigenvalue weighted by atomic mass is 10.0. The third-order valence-electron chi connectivity index (χ3n) is 10.1. The molecule has 0 spiro atoms. The number of nitrogens with zero attached hydrogens (tertiary/aromatic N) is 6. The summed E-state index contributed by atoms with van der Waals surface area (Å²) in [7, 11) is -0.461. The van der Waals surface area contributed by atoms with E-state index in [-0.39, 0.29) is 7.43 Å². The molecule has 0 aromatic carbocycles. The van der Waals surface area contributed by atoms with Crippen molar-refractivity contribution in [2.75, 3.05) is 61.7 Å². The van der Waals surface area contributed by atoms with E-state index in [1.165, 1.54) is 78.3 Å². The van der Waals surface area contributed by atoms with E-state index in [2.05, 4.69) is 84.9 Å². The summed E-state index contributed by atoms with van der Waals surface area (Å²) in [6.45, 7) is 65.5. The van der Waals surface area contributed by atoms with Gasteiger partial charge in [-0.2, -0.15) is 11.8 Å². The van der Waals surface area contributed by atoms with E-state index < -0.39 is 10.8 Å². The molecule has 0 bridgehead atoms. The van der Waals surface area contributed by atoms with Crippen LogP contribution in [0.4, 0.5) is 0 Å². The molecule has 11 nitrogen and oxygen atoms in total. The van der Waals surface area contributed by atoms with Crippen LogP contribution in [0.25, 0.3) is 0 Å². The summed E-state index contributed by atoms with van der Waals surface area (Å²) in [4.78, 5) is 24.2. The van der Waals surface area contributed by atoms with Crippen LogP contribution in [0.2, 0.25) is 0 Å². The van der Waals surface area contributed by atoms with Crippen LogP contribution in [-0.2, 0) is 25.1 Å². The number of hydrogen-bond acceptors (Lipinski definition) is 13. The zero-order chi connectivity index (χ0) is 69.2. The first-order valence-electron chi connectivity index (χ1n) is 33.9. The van der Waals surface area contributed by atoms with Crippen molar-refractivity contribution in [1.82, 2.24) is 19.9 Å². The van der Waals surface area contributed by atoms with Gasteiger partial charge >= 0.3 is 0 Å². The second-order valence-corrected chi connectivity index (χ2v) is 21.1. The van der Waals surface area contributed by atoms with Crippen LogP contribution in [0, 0.1) is 45.4 Å². The average molecular weight is 1300 g/mol. The Balaban J connectivity index is -0.0000000805. The molecule has 10 rings (SSSR count). The molecule has 6 aliphatic heterocycles. The van der Waals surface area contributed by atoms with E-state index >= 15 is 0 Å². The van der Waals surface area contributed by atoms with Crippen molar-refractivity contribution in [3.63, 3.8) is 0 Å². The zero-order valence-electron chi connectivity index (χ0n) is 62.6. The number of aromatic nitrogens is 4. The summed E-state index contributed by atoms with van der Waals surface area (Å²) in [6.07, 6.45) is 24.0. The largest absolute Gasteiger partial charge is 0.498 e. The molecule has 522 valence electrons. The Kier molecular flexibility index (Phi) is 126. The second kappa shape index (κ2) is 102. The van der Waals surface area contributed by atoms with Crippen LogP contribution in [0.15, 0.2) is 113 Å². The molecule has 3 fully saturated rings. The van der Waals surface area contributed by atoms with Crippen molar-refractivity contribution in [3.05, 3.63) is 120 Å². The minimum Gasteiger partial charge on any atom is -0.498 e. The summed E-state index contributed by atoms with van der Waals surface area (Å²) >= 11 is 3.95. The fraction of sp³-hybridized carbons (Fsp3) is 0.703. The summed E-state index contributed by atoms with van der Waals surface area (Å²) in [5.41, 5.74) is 5.57. The Morgan fingerprint density at radius 3 is 1.24 bits per heavy atom. The highest BCUT2D eigenvalue weighted by molar-refractivity contribution is 8.14. The molecule has 6 aliphatic rings. The van der Waals surface area contributed by atoms with E-state index in [0.717, 1.165) is 97.9 Å². The summed E-state index contributed by atoms with van der Waals surface area (Å²) in [6, 6.07) is 13.7. The standard InChI is InChI=1S/3C6H7N.C6H12OS.C6H12O.C6H12S.C5H8O.C4H5NO.C4H7NO.C4H7NS.10C2H6.CH4/c1-6-2-4-7-5-3-6;1-6-3-2-4-7-5-6;1-6-4-2-3-5-7-6;1-6-2-4-8(7)5-3-6;2*1-6-2-4-7-5-3-6;1-5-3-2-4-6-5;1-4-2-6-3-5-4;1-4-2-3-6-5-4;1-4-5-2-3-6-4;10*1-2;/h3*2-5H,1H3;6H,2-5H2,1H3;2*6H,2-5H2,1H3;3H,2,4H2,1H3;2-3H,1H3;2*2-3H2,1H3;10*1-2H3;1H4. The predicted molar refractivity (Wildman–Crippen MR) is 408 cm³/mol. The van der Waals surface area contributed by atoms with Crippen LogP contribution in [0.1, 0.15) is 261 Å². The summed E-state index contributed by atoms with van der Waals surface area (Å²) in [5.74, 6) is 9.73. The smallest absolute Gasteiger partial charge is 0.180 e. The molecule has 0 saturated carbocycles. The number of aryl methyl sites for hydroxylation is 4. The number of oxime groups is 1.